The van der Waals surface area contributed by atoms with Crippen molar-refractivity contribution in [2.75, 3.05) is 6.61 Å². The van der Waals surface area contributed by atoms with Gasteiger partial charge >= 0.3 is 17.9 Å². The summed E-state index contributed by atoms with van der Waals surface area (Å²) in [7, 11) is 0. The highest BCUT2D eigenvalue weighted by molar-refractivity contribution is 5.95. The minimum atomic E-state index is -1.01. The molecule has 1 aromatic carbocycles. The molecule has 0 radical (unpaired) electrons. The zero-order chi connectivity index (χ0) is 21.1. The molecule has 2 heterocycles. The lowest BCUT2D eigenvalue weighted by molar-refractivity contribution is -0.249. The van der Waals surface area contributed by atoms with E-state index in [9.17, 15) is 14.4 Å². The molecular formula is C20H23NO8. The molecule has 1 aromatic rings. The molecule has 3 rings (SSSR count). The number of hydrogen-bond acceptors (Lipinski definition) is 9. The van der Waals surface area contributed by atoms with E-state index in [1.54, 1.807) is 0 Å². The summed E-state index contributed by atoms with van der Waals surface area (Å²) in [5.74, 6) is -1.36. The number of nitrogens with zero attached hydrogens (tertiary/aromatic N) is 1. The van der Waals surface area contributed by atoms with Crippen LogP contribution >= 0.6 is 0 Å². The fourth-order valence-electron chi connectivity index (χ4n) is 3.23. The van der Waals surface area contributed by atoms with E-state index in [1.807, 2.05) is 31.2 Å². The third kappa shape index (κ3) is 4.92. The molecule has 1 saturated heterocycles. The Morgan fingerprint density at radius 3 is 2.17 bits per heavy atom. The first-order valence-corrected chi connectivity index (χ1v) is 9.19. The number of aliphatic imine (C=N–C) groups is 1. The average Bonchev–Trinajstić information content (AvgIpc) is 3.06. The molecule has 2 aliphatic heterocycles. The van der Waals surface area contributed by atoms with E-state index in [2.05, 4.69) is 4.99 Å². The molecule has 9 nitrogen and oxygen atoms in total. The van der Waals surface area contributed by atoms with E-state index < -0.39 is 48.6 Å². The molecule has 1 fully saturated rings. The van der Waals surface area contributed by atoms with E-state index >= 15 is 0 Å². The van der Waals surface area contributed by atoms with Crippen molar-refractivity contribution in [1.29, 1.82) is 0 Å². The summed E-state index contributed by atoms with van der Waals surface area (Å²) < 4.78 is 27.6. The lowest BCUT2D eigenvalue weighted by atomic mass is 9.97. The first kappa shape index (κ1) is 20.8. The Morgan fingerprint density at radius 2 is 1.59 bits per heavy atom. The Kier molecular flexibility index (Phi) is 6.17. The van der Waals surface area contributed by atoms with Crippen molar-refractivity contribution >= 4 is 23.8 Å². The summed E-state index contributed by atoms with van der Waals surface area (Å²) in [6.45, 7) is 5.49. The van der Waals surface area contributed by atoms with Crippen molar-refractivity contribution in [2.45, 2.75) is 58.3 Å². The average molecular weight is 405 g/mol. The van der Waals surface area contributed by atoms with Gasteiger partial charge < -0.3 is 23.7 Å². The van der Waals surface area contributed by atoms with Crippen LogP contribution in [0.4, 0.5) is 0 Å². The van der Waals surface area contributed by atoms with Crippen molar-refractivity contribution in [3.8, 4) is 0 Å². The van der Waals surface area contributed by atoms with Gasteiger partial charge in [-0.25, -0.2) is 4.99 Å². The van der Waals surface area contributed by atoms with Gasteiger partial charge in [0.15, 0.2) is 18.2 Å². The van der Waals surface area contributed by atoms with Gasteiger partial charge in [-0.1, -0.05) is 17.7 Å². The Labute approximate surface area is 167 Å². The maximum atomic E-state index is 11.7. The maximum absolute atomic E-state index is 11.7. The minimum absolute atomic E-state index is 0.197. The maximum Gasteiger partial charge on any atom is 0.303 e. The summed E-state index contributed by atoms with van der Waals surface area (Å²) in [6.07, 6.45) is -3.75. The molecule has 29 heavy (non-hydrogen) atoms. The summed E-state index contributed by atoms with van der Waals surface area (Å²) in [5.41, 5.74) is 1.81. The SMILES string of the molecule is CC(=O)OC[C@H]1O[C@@H]2OC(c3ccc(C)cc3)=N[C@@H]2[C@@H](OC(C)=O)[C@@H]1OC(C)=O. The number of esters is 3. The molecule has 156 valence electrons. The van der Waals surface area contributed by atoms with Gasteiger partial charge in [0.05, 0.1) is 0 Å². The first-order chi connectivity index (χ1) is 13.7. The van der Waals surface area contributed by atoms with Crippen LogP contribution in [0.3, 0.4) is 0 Å². The third-order valence-electron chi connectivity index (χ3n) is 4.46. The van der Waals surface area contributed by atoms with Crippen molar-refractivity contribution < 1.29 is 38.1 Å². The van der Waals surface area contributed by atoms with E-state index in [0.717, 1.165) is 11.1 Å². The Hall–Kier alpha value is -2.94. The second-order valence-electron chi connectivity index (χ2n) is 6.90. The second kappa shape index (κ2) is 8.60. The summed E-state index contributed by atoms with van der Waals surface area (Å²) >= 11 is 0. The third-order valence-corrected chi connectivity index (χ3v) is 4.46. The van der Waals surface area contributed by atoms with E-state index in [0.29, 0.717) is 5.90 Å². The van der Waals surface area contributed by atoms with Crippen LogP contribution in [0.1, 0.15) is 31.9 Å². The fourth-order valence-corrected chi connectivity index (χ4v) is 3.23. The molecular weight excluding hydrogens is 382 g/mol. The van der Waals surface area contributed by atoms with Gasteiger partial charge in [-0.2, -0.15) is 0 Å². The molecule has 0 amide bonds. The Balaban J connectivity index is 1.91. The highest BCUT2D eigenvalue weighted by Gasteiger charge is 2.54. The van der Waals surface area contributed by atoms with Crippen LogP contribution in [0.2, 0.25) is 0 Å². The van der Waals surface area contributed by atoms with Gasteiger partial charge in [0.25, 0.3) is 0 Å². The standard InChI is InChI=1S/C20H23NO8/c1-10-5-7-14(8-6-10)19-21-16-18(27-13(4)24)17(26-12(3)23)15(9-25-11(2)22)28-20(16)29-19/h5-8,15-18,20H,9H2,1-4H3/t15-,16-,17-,18-,20-/m1/s1. The van der Waals surface area contributed by atoms with Crippen LogP contribution in [0.25, 0.3) is 0 Å². The highest BCUT2D eigenvalue weighted by atomic mass is 16.7. The van der Waals surface area contributed by atoms with E-state index in [-0.39, 0.29) is 6.61 Å². The normalized spacial score (nSPS) is 27.9. The minimum Gasteiger partial charge on any atom is -0.463 e. The number of fused-ring (bicyclic) bond motifs is 1. The smallest absolute Gasteiger partial charge is 0.303 e. The van der Waals surface area contributed by atoms with Gasteiger partial charge in [0, 0.05) is 26.3 Å². The molecule has 0 N–H and O–H groups in total. The Bertz CT molecular complexity index is 818. The van der Waals surface area contributed by atoms with Gasteiger partial charge in [-0.15, -0.1) is 0 Å². The zero-order valence-corrected chi connectivity index (χ0v) is 16.6. The molecule has 0 aromatic heterocycles. The van der Waals surface area contributed by atoms with Crippen molar-refractivity contribution in [1.82, 2.24) is 0 Å². The van der Waals surface area contributed by atoms with Gasteiger partial charge in [0.1, 0.15) is 12.7 Å². The fraction of sp³-hybridized carbons (Fsp3) is 0.500. The van der Waals surface area contributed by atoms with E-state index in [1.165, 1.54) is 20.8 Å². The first-order valence-electron chi connectivity index (χ1n) is 9.19. The largest absolute Gasteiger partial charge is 0.463 e. The Morgan fingerprint density at radius 1 is 0.966 bits per heavy atom. The molecule has 0 aliphatic carbocycles. The van der Waals surface area contributed by atoms with Crippen LogP contribution in [-0.2, 0) is 38.1 Å². The van der Waals surface area contributed by atoms with Gasteiger partial charge in [0.2, 0.25) is 12.2 Å². The number of carbonyl (C=O) groups is 3. The molecule has 0 bridgehead atoms. The van der Waals surface area contributed by atoms with Crippen LogP contribution in [0, 0.1) is 6.92 Å². The number of ether oxygens (including phenoxy) is 5. The van der Waals surface area contributed by atoms with E-state index in [4.69, 9.17) is 23.7 Å². The predicted octanol–water partition coefficient (Wildman–Crippen LogP) is 1.29. The second-order valence-corrected chi connectivity index (χ2v) is 6.90. The van der Waals surface area contributed by atoms with Crippen LogP contribution < -0.4 is 0 Å². The highest BCUT2D eigenvalue weighted by Crippen LogP contribution is 2.33. The molecule has 9 heteroatoms. The zero-order valence-electron chi connectivity index (χ0n) is 16.6. The van der Waals surface area contributed by atoms with Crippen LogP contribution in [0.5, 0.6) is 0 Å². The predicted molar refractivity (Wildman–Crippen MR) is 99.0 cm³/mol. The van der Waals surface area contributed by atoms with Crippen LogP contribution in [-0.4, -0.2) is 61.1 Å². The molecule has 0 spiro atoms. The summed E-state index contributed by atoms with van der Waals surface area (Å²) in [6, 6.07) is 6.80. The topological polar surface area (TPSA) is 110 Å². The van der Waals surface area contributed by atoms with Crippen molar-refractivity contribution in [3.05, 3.63) is 35.4 Å². The van der Waals surface area contributed by atoms with Gasteiger partial charge in [-0.3, -0.25) is 14.4 Å². The molecule has 5 atom stereocenters. The lowest BCUT2D eigenvalue weighted by Gasteiger charge is -2.40. The monoisotopic (exact) mass is 405 g/mol. The molecule has 0 unspecified atom stereocenters. The quantitative estimate of drug-likeness (QED) is 0.532. The summed E-state index contributed by atoms with van der Waals surface area (Å²) in [5, 5.41) is 0. The van der Waals surface area contributed by atoms with Crippen molar-refractivity contribution in [2.24, 2.45) is 4.99 Å². The lowest BCUT2D eigenvalue weighted by Crippen LogP contribution is -2.60. The molecule has 2 aliphatic rings. The van der Waals surface area contributed by atoms with Gasteiger partial charge in [-0.05, 0) is 19.1 Å². The number of aryl methyl sites for hydroxylation is 1. The number of rotatable bonds is 5. The number of benzene rings is 1. The molecule has 0 saturated carbocycles. The number of carbonyl (C=O) groups excluding carboxylic acids is 3. The summed E-state index contributed by atoms with van der Waals surface area (Å²) in [4.78, 5) is 39.1. The number of hydrogen-bond donors (Lipinski definition) is 0. The van der Waals surface area contributed by atoms with Crippen molar-refractivity contribution in [3.63, 3.8) is 0 Å². The van der Waals surface area contributed by atoms with Crippen LogP contribution in [0.15, 0.2) is 29.3 Å².